The highest BCUT2D eigenvalue weighted by atomic mass is 16.2. The number of carbonyl (C=O) groups is 3. The van der Waals surface area contributed by atoms with Crippen molar-refractivity contribution in [3.05, 3.63) is 46.1 Å². The van der Waals surface area contributed by atoms with Crippen molar-refractivity contribution in [1.29, 1.82) is 0 Å². The Hall–Kier alpha value is -3.23. The molecular formula is C22H27N5O4. The molecule has 0 saturated carbocycles. The number of hydrogen-bond acceptors (Lipinski definition) is 5. The van der Waals surface area contributed by atoms with Gasteiger partial charge in [0, 0.05) is 25.1 Å². The van der Waals surface area contributed by atoms with Gasteiger partial charge in [0.05, 0.1) is 5.41 Å². The lowest BCUT2D eigenvalue weighted by Gasteiger charge is -2.35. The minimum absolute atomic E-state index is 0.149. The van der Waals surface area contributed by atoms with Crippen LogP contribution < -0.4 is 16.3 Å². The normalized spacial score (nSPS) is 21.2. The minimum Gasteiger partial charge on any atom is -0.324 e. The number of carbonyl (C=O) groups excluding carboxylic acids is 3. The monoisotopic (exact) mass is 425 g/mol. The molecule has 0 aliphatic carbocycles. The van der Waals surface area contributed by atoms with Crippen molar-refractivity contribution in [2.24, 2.45) is 0 Å². The third kappa shape index (κ3) is 4.04. The molecule has 1 fully saturated rings. The number of hydrogen-bond donors (Lipinski definition) is 2. The van der Waals surface area contributed by atoms with Crippen LogP contribution in [0, 0.1) is 0 Å². The van der Waals surface area contributed by atoms with Crippen LogP contribution in [0.3, 0.4) is 0 Å². The number of rotatable bonds is 5. The summed E-state index contributed by atoms with van der Waals surface area (Å²) in [5.74, 6) is -0.116. The molecule has 0 bridgehead atoms. The van der Waals surface area contributed by atoms with Gasteiger partial charge < -0.3 is 5.32 Å². The third-order valence-corrected chi connectivity index (χ3v) is 6.37. The molecule has 3 amide bonds. The van der Waals surface area contributed by atoms with Crippen LogP contribution in [-0.2, 0) is 39.3 Å². The zero-order valence-electron chi connectivity index (χ0n) is 17.6. The third-order valence-electron chi connectivity index (χ3n) is 6.37. The largest absolute Gasteiger partial charge is 0.346 e. The van der Waals surface area contributed by atoms with Crippen LogP contribution in [0.25, 0.3) is 0 Å². The lowest BCUT2D eigenvalue weighted by atomic mass is 9.72. The van der Waals surface area contributed by atoms with Crippen LogP contribution in [0.5, 0.6) is 0 Å². The van der Waals surface area contributed by atoms with Gasteiger partial charge in [0.25, 0.3) is 0 Å². The summed E-state index contributed by atoms with van der Waals surface area (Å²) in [5.41, 5.74) is 0.399. The van der Waals surface area contributed by atoms with Crippen LogP contribution in [0.2, 0.25) is 0 Å². The molecule has 4 rings (SSSR count). The first kappa shape index (κ1) is 21.0. The number of benzene rings is 1. The zero-order chi connectivity index (χ0) is 22.0. The Balaban J connectivity index is 1.45. The predicted molar refractivity (Wildman–Crippen MR) is 113 cm³/mol. The highest BCUT2D eigenvalue weighted by molar-refractivity contribution is 6.03. The smallest absolute Gasteiger partial charge is 0.324 e. The number of fused-ring (bicyclic) bond motifs is 1. The summed E-state index contributed by atoms with van der Waals surface area (Å²) in [6.45, 7) is 2.43. The molecule has 164 valence electrons. The lowest BCUT2D eigenvalue weighted by Crippen LogP contribution is -2.51. The summed E-state index contributed by atoms with van der Waals surface area (Å²) in [5, 5.41) is 9.56. The second kappa shape index (κ2) is 8.49. The van der Waals surface area contributed by atoms with E-state index in [-0.39, 0.29) is 30.0 Å². The van der Waals surface area contributed by atoms with Gasteiger partial charge in [-0.05, 0) is 43.4 Å². The Labute approximate surface area is 179 Å². The van der Waals surface area contributed by atoms with E-state index in [0.29, 0.717) is 31.5 Å². The Kier molecular flexibility index (Phi) is 5.75. The summed E-state index contributed by atoms with van der Waals surface area (Å²) in [4.78, 5) is 49.1. The molecule has 3 heterocycles. The molecule has 31 heavy (non-hydrogen) atoms. The average Bonchev–Trinajstić information content (AvgIpc) is 2.91. The topological polar surface area (TPSA) is 115 Å². The lowest BCUT2D eigenvalue weighted by molar-refractivity contribution is -0.138. The highest BCUT2D eigenvalue weighted by Gasteiger charge is 2.42. The van der Waals surface area contributed by atoms with Gasteiger partial charge >= 0.3 is 5.69 Å². The molecule has 0 radical (unpaired) electrons. The molecule has 1 unspecified atom stereocenters. The van der Waals surface area contributed by atoms with Crippen molar-refractivity contribution in [2.75, 3.05) is 5.32 Å². The molecule has 9 nitrogen and oxygen atoms in total. The van der Waals surface area contributed by atoms with Crippen LogP contribution in [0.4, 0.5) is 5.69 Å². The number of aromatic nitrogens is 3. The first-order chi connectivity index (χ1) is 14.9. The molecule has 2 aliphatic heterocycles. The maximum absolute atomic E-state index is 12.5. The number of amides is 3. The molecule has 9 heteroatoms. The first-order valence-corrected chi connectivity index (χ1v) is 10.8. The van der Waals surface area contributed by atoms with E-state index in [9.17, 15) is 19.2 Å². The van der Waals surface area contributed by atoms with Gasteiger partial charge in [0.2, 0.25) is 17.7 Å². The maximum atomic E-state index is 12.5. The molecule has 1 atom stereocenters. The molecule has 2 aromatic rings. The van der Waals surface area contributed by atoms with Gasteiger partial charge in [-0.25, -0.2) is 9.48 Å². The van der Waals surface area contributed by atoms with Crippen LogP contribution in [0.15, 0.2) is 29.1 Å². The van der Waals surface area contributed by atoms with E-state index in [4.69, 9.17) is 0 Å². The Morgan fingerprint density at radius 3 is 2.61 bits per heavy atom. The predicted octanol–water partition coefficient (Wildman–Crippen LogP) is 1.49. The van der Waals surface area contributed by atoms with Crippen molar-refractivity contribution in [1.82, 2.24) is 19.7 Å². The SMILES string of the molecule is CCC1(c2ccc(NC(=O)Cn3nc4n(c3=O)CCCCC4)cc2)CCC(=O)NC1=O. The Morgan fingerprint density at radius 1 is 1.13 bits per heavy atom. The number of nitrogens with one attached hydrogen (secondary N) is 2. The van der Waals surface area contributed by atoms with Crippen molar-refractivity contribution in [3.8, 4) is 0 Å². The van der Waals surface area contributed by atoms with E-state index in [2.05, 4.69) is 15.7 Å². The quantitative estimate of drug-likeness (QED) is 0.705. The number of nitrogens with zero attached hydrogens (tertiary/aromatic N) is 3. The van der Waals surface area contributed by atoms with Crippen molar-refractivity contribution < 1.29 is 14.4 Å². The number of imide groups is 1. The number of anilines is 1. The van der Waals surface area contributed by atoms with Gasteiger partial charge in [-0.2, -0.15) is 5.10 Å². The fraction of sp³-hybridized carbons (Fsp3) is 0.500. The van der Waals surface area contributed by atoms with Gasteiger partial charge in [-0.1, -0.05) is 25.5 Å². The van der Waals surface area contributed by atoms with Crippen molar-refractivity contribution in [3.63, 3.8) is 0 Å². The summed E-state index contributed by atoms with van der Waals surface area (Å²) >= 11 is 0. The molecule has 2 aliphatic rings. The molecule has 0 spiro atoms. The number of aryl methyl sites for hydroxylation is 1. The van der Waals surface area contributed by atoms with Crippen LogP contribution >= 0.6 is 0 Å². The summed E-state index contributed by atoms with van der Waals surface area (Å²) < 4.78 is 2.89. The molecular weight excluding hydrogens is 398 g/mol. The summed E-state index contributed by atoms with van der Waals surface area (Å²) in [7, 11) is 0. The van der Waals surface area contributed by atoms with Crippen molar-refractivity contribution in [2.45, 2.75) is 70.4 Å². The molecule has 1 saturated heterocycles. The van der Waals surface area contributed by atoms with Crippen LogP contribution in [0.1, 0.15) is 56.8 Å². The molecule has 2 N–H and O–H groups in total. The standard InChI is InChI=1S/C22H27N5O4/c1-2-22(12-11-18(28)24-20(22)30)15-7-9-16(10-8-15)23-19(29)14-27-21(31)26-13-5-3-4-6-17(26)25-27/h7-10H,2-6,11-14H2,1H3,(H,23,29)(H,24,28,30). The van der Waals surface area contributed by atoms with E-state index in [0.717, 1.165) is 37.1 Å². The highest BCUT2D eigenvalue weighted by Crippen LogP contribution is 2.36. The first-order valence-electron chi connectivity index (χ1n) is 10.8. The summed E-state index contributed by atoms with van der Waals surface area (Å²) in [6.07, 6.45) is 5.13. The van der Waals surface area contributed by atoms with E-state index in [1.54, 1.807) is 28.8 Å². The fourth-order valence-electron chi connectivity index (χ4n) is 4.50. The van der Waals surface area contributed by atoms with Crippen molar-refractivity contribution >= 4 is 23.4 Å². The van der Waals surface area contributed by atoms with Gasteiger partial charge in [0.15, 0.2) is 0 Å². The minimum atomic E-state index is -0.738. The van der Waals surface area contributed by atoms with Gasteiger partial charge in [-0.15, -0.1) is 0 Å². The number of piperidine rings is 1. The van der Waals surface area contributed by atoms with Crippen LogP contribution in [-0.4, -0.2) is 32.1 Å². The second-order valence-corrected chi connectivity index (χ2v) is 8.26. The zero-order valence-corrected chi connectivity index (χ0v) is 17.6. The van der Waals surface area contributed by atoms with E-state index in [1.165, 1.54) is 4.68 Å². The van der Waals surface area contributed by atoms with E-state index in [1.807, 2.05) is 6.92 Å². The summed E-state index contributed by atoms with van der Waals surface area (Å²) in [6, 6.07) is 7.08. The molecule has 1 aromatic carbocycles. The second-order valence-electron chi connectivity index (χ2n) is 8.26. The van der Waals surface area contributed by atoms with E-state index < -0.39 is 5.41 Å². The molecule has 1 aromatic heterocycles. The Bertz CT molecular complexity index is 1070. The average molecular weight is 425 g/mol. The van der Waals surface area contributed by atoms with Gasteiger partial charge in [-0.3, -0.25) is 24.3 Å². The van der Waals surface area contributed by atoms with Gasteiger partial charge in [0.1, 0.15) is 12.4 Å². The van der Waals surface area contributed by atoms with E-state index >= 15 is 0 Å². The fourth-order valence-corrected chi connectivity index (χ4v) is 4.50. The Morgan fingerprint density at radius 2 is 1.90 bits per heavy atom. The maximum Gasteiger partial charge on any atom is 0.346 e.